The quantitative estimate of drug-likeness (QED) is 0.654. The third-order valence-corrected chi connectivity index (χ3v) is 5.50. The van der Waals surface area contributed by atoms with E-state index in [1.807, 2.05) is 26.0 Å². The van der Waals surface area contributed by atoms with Gasteiger partial charge in [-0.15, -0.1) is 0 Å². The first kappa shape index (κ1) is 18.2. The first-order chi connectivity index (χ1) is 13.5. The molecule has 0 spiro atoms. The largest absolute Gasteiger partial charge is 0.423 e. The van der Waals surface area contributed by atoms with Crippen molar-refractivity contribution in [2.75, 3.05) is 0 Å². The molecule has 1 aliphatic rings. The van der Waals surface area contributed by atoms with E-state index in [0.29, 0.717) is 29.6 Å². The molecule has 0 aliphatic heterocycles. The average molecular weight is 375 g/mol. The van der Waals surface area contributed by atoms with Crippen molar-refractivity contribution in [1.82, 2.24) is 9.78 Å². The average Bonchev–Trinajstić information content (AvgIpc) is 3.14. The van der Waals surface area contributed by atoms with E-state index in [4.69, 9.17) is 4.42 Å². The highest BCUT2D eigenvalue weighted by Gasteiger charge is 2.18. The molecule has 142 valence electrons. The van der Waals surface area contributed by atoms with E-state index in [9.17, 15) is 14.9 Å². The first-order valence-corrected chi connectivity index (χ1v) is 9.67. The number of nitrogens with zero attached hydrogens (tertiary/aromatic N) is 3. The van der Waals surface area contributed by atoms with Crippen LogP contribution >= 0.6 is 0 Å². The Morgan fingerprint density at radius 1 is 1.14 bits per heavy atom. The molecule has 2 aromatic heterocycles. The van der Waals surface area contributed by atoms with Crippen molar-refractivity contribution in [3.05, 3.63) is 72.5 Å². The first-order valence-electron chi connectivity index (χ1n) is 9.67. The summed E-state index contributed by atoms with van der Waals surface area (Å²) in [4.78, 5) is 24.9. The number of fused-ring (bicyclic) bond motifs is 2. The molecule has 3 aromatic rings. The summed E-state index contributed by atoms with van der Waals surface area (Å²) in [6, 6.07) is 7.47. The van der Waals surface area contributed by atoms with Crippen molar-refractivity contribution in [2.45, 2.75) is 52.5 Å². The summed E-state index contributed by atoms with van der Waals surface area (Å²) < 4.78 is 6.71. The van der Waals surface area contributed by atoms with Gasteiger partial charge in [-0.1, -0.05) is 13.8 Å². The molecule has 0 bridgehead atoms. The minimum absolute atomic E-state index is 0.130. The van der Waals surface area contributed by atoms with Crippen molar-refractivity contribution in [2.24, 2.45) is 0 Å². The zero-order valence-electron chi connectivity index (χ0n) is 16.0. The SMILES string of the molecule is CCc1nn(Cc2cc(=O)oc3cc4c(cc23)CCC4)c(=O)c(C#N)c1CC. The minimum atomic E-state index is -0.449. The normalized spacial score (nSPS) is 12.9. The van der Waals surface area contributed by atoms with Crippen LogP contribution in [-0.4, -0.2) is 9.78 Å². The van der Waals surface area contributed by atoms with Crippen molar-refractivity contribution in [1.29, 1.82) is 5.26 Å². The smallest absolute Gasteiger partial charge is 0.336 e. The van der Waals surface area contributed by atoms with Gasteiger partial charge < -0.3 is 4.42 Å². The van der Waals surface area contributed by atoms with Crippen LogP contribution in [0.5, 0.6) is 0 Å². The summed E-state index contributed by atoms with van der Waals surface area (Å²) in [7, 11) is 0. The Balaban J connectivity index is 1.91. The number of nitriles is 1. The van der Waals surface area contributed by atoms with E-state index in [1.54, 1.807) is 0 Å². The van der Waals surface area contributed by atoms with Gasteiger partial charge in [-0.3, -0.25) is 4.79 Å². The monoisotopic (exact) mass is 375 g/mol. The summed E-state index contributed by atoms with van der Waals surface area (Å²) in [6.45, 7) is 4.00. The highest BCUT2D eigenvalue weighted by atomic mass is 16.4. The van der Waals surface area contributed by atoms with Crippen molar-refractivity contribution < 1.29 is 4.42 Å². The molecule has 4 rings (SSSR count). The van der Waals surface area contributed by atoms with E-state index in [2.05, 4.69) is 11.2 Å². The maximum Gasteiger partial charge on any atom is 0.336 e. The summed E-state index contributed by atoms with van der Waals surface area (Å²) in [6.07, 6.45) is 4.30. The van der Waals surface area contributed by atoms with Crippen LogP contribution < -0.4 is 11.2 Å². The Hall–Kier alpha value is -3.20. The summed E-state index contributed by atoms with van der Waals surface area (Å²) in [5, 5.41) is 14.8. The molecule has 6 heteroatoms. The summed E-state index contributed by atoms with van der Waals surface area (Å²) >= 11 is 0. The molecule has 28 heavy (non-hydrogen) atoms. The Labute approximate surface area is 162 Å². The van der Waals surface area contributed by atoms with Gasteiger partial charge in [0.1, 0.15) is 17.2 Å². The molecule has 6 nitrogen and oxygen atoms in total. The van der Waals surface area contributed by atoms with Crippen molar-refractivity contribution in [3.63, 3.8) is 0 Å². The molecule has 0 fully saturated rings. The predicted molar refractivity (Wildman–Crippen MR) is 106 cm³/mol. The third kappa shape index (κ3) is 2.93. The van der Waals surface area contributed by atoms with E-state index < -0.39 is 11.2 Å². The van der Waals surface area contributed by atoms with Gasteiger partial charge in [-0.2, -0.15) is 10.4 Å². The van der Waals surface area contributed by atoms with Crippen LogP contribution in [0.15, 0.2) is 32.2 Å². The number of rotatable bonds is 4. The molecule has 0 radical (unpaired) electrons. The molecule has 0 saturated heterocycles. The number of aromatic nitrogens is 2. The molecule has 2 heterocycles. The Kier molecular flexibility index (Phi) is 4.60. The molecular formula is C22H21N3O3. The third-order valence-electron chi connectivity index (χ3n) is 5.50. The molecular weight excluding hydrogens is 354 g/mol. The van der Waals surface area contributed by atoms with Crippen molar-refractivity contribution >= 4 is 11.0 Å². The zero-order valence-corrected chi connectivity index (χ0v) is 16.0. The summed E-state index contributed by atoms with van der Waals surface area (Å²) in [5.74, 6) is 0. The van der Waals surface area contributed by atoms with E-state index in [1.165, 1.54) is 21.9 Å². The maximum absolute atomic E-state index is 12.8. The van der Waals surface area contributed by atoms with E-state index in [0.717, 1.165) is 30.3 Å². The van der Waals surface area contributed by atoms with Gasteiger partial charge in [0.2, 0.25) is 0 Å². The zero-order chi connectivity index (χ0) is 19.8. The van der Waals surface area contributed by atoms with Gasteiger partial charge in [-0.05, 0) is 66.5 Å². The number of benzene rings is 1. The topological polar surface area (TPSA) is 88.9 Å². The van der Waals surface area contributed by atoms with Gasteiger partial charge >= 0.3 is 5.63 Å². The standard InChI is InChI=1S/C22H21N3O3/c1-3-16-18(11-23)22(27)25(24-19(16)4-2)12-15-10-21(26)28-20-9-14-7-5-6-13(14)8-17(15)20/h8-10H,3-7,12H2,1-2H3. The van der Waals surface area contributed by atoms with Crippen LogP contribution in [0.3, 0.4) is 0 Å². The Morgan fingerprint density at radius 3 is 2.57 bits per heavy atom. The fourth-order valence-corrected chi connectivity index (χ4v) is 4.13. The predicted octanol–water partition coefficient (Wildman–Crippen LogP) is 2.88. The molecule has 1 aromatic carbocycles. The Bertz CT molecular complexity index is 1250. The lowest BCUT2D eigenvalue weighted by atomic mass is 10.0. The van der Waals surface area contributed by atoms with Crippen LogP contribution in [0.2, 0.25) is 0 Å². The van der Waals surface area contributed by atoms with Gasteiger partial charge in [0.25, 0.3) is 5.56 Å². The van der Waals surface area contributed by atoms with Crippen LogP contribution in [0.25, 0.3) is 11.0 Å². The van der Waals surface area contributed by atoms with Gasteiger partial charge in [0.15, 0.2) is 0 Å². The fraction of sp³-hybridized carbons (Fsp3) is 0.364. The van der Waals surface area contributed by atoms with Crippen LogP contribution in [0.1, 0.15) is 53.8 Å². The maximum atomic E-state index is 12.8. The molecule has 0 N–H and O–H groups in total. The lowest BCUT2D eigenvalue weighted by molar-refractivity contribution is 0.552. The van der Waals surface area contributed by atoms with Gasteiger partial charge in [0, 0.05) is 11.5 Å². The minimum Gasteiger partial charge on any atom is -0.423 e. The van der Waals surface area contributed by atoms with Crippen molar-refractivity contribution in [3.8, 4) is 6.07 Å². The molecule has 0 saturated carbocycles. The van der Waals surface area contributed by atoms with E-state index in [-0.39, 0.29) is 12.1 Å². The molecule has 0 atom stereocenters. The van der Waals surface area contributed by atoms with Crippen LogP contribution in [0.4, 0.5) is 0 Å². The second-order valence-corrected chi connectivity index (χ2v) is 7.14. The highest BCUT2D eigenvalue weighted by Crippen LogP contribution is 2.28. The molecule has 1 aliphatic carbocycles. The van der Waals surface area contributed by atoms with Crippen LogP contribution in [-0.2, 0) is 32.2 Å². The lowest BCUT2D eigenvalue weighted by Crippen LogP contribution is -2.29. The molecule has 0 amide bonds. The second kappa shape index (κ2) is 7.08. The van der Waals surface area contributed by atoms with Gasteiger partial charge in [0.05, 0.1) is 12.2 Å². The van der Waals surface area contributed by atoms with Gasteiger partial charge in [-0.25, -0.2) is 9.48 Å². The van der Waals surface area contributed by atoms with E-state index >= 15 is 0 Å². The number of aryl methyl sites for hydroxylation is 3. The number of hydrogen-bond donors (Lipinski definition) is 0. The number of hydrogen-bond acceptors (Lipinski definition) is 5. The fourth-order valence-electron chi connectivity index (χ4n) is 4.13. The second-order valence-electron chi connectivity index (χ2n) is 7.14. The highest BCUT2D eigenvalue weighted by molar-refractivity contribution is 5.82. The Morgan fingerprint density at radius 2 is 1.89 bits per heavy atom. The van der Waals surface area contributed by atoms with Crippen LogP contribution in [0, 0.1) is 11.3 Å². The summed E-state index contributed by atoms with van der Waals surface area (Å²) in [5.41, 5.74) is 4.43. The molecule has 0 unspecified atom stereocenters. The lowest BCUT2D eigenvalue weighted by Gasteiger charge is -2.13.